The second-order valence-electron chi connectivity index (χ2n) is 6.90. The summed E-state index contributed by atoms with van der Waals surface area (Å²) in [6, 6.07) is 10.8. The molecule has 2 N–H and O–H groups in total. The maximum Gasteiger partial charge on any atom is 0.255 e. The first-order valence-electron chi connectivity index (χ1n) is 8.23. The number of anilines is 1. The second-order valence-corrected chi connectivity index (χ2v) is 8.59. The van der Waals surface area contributed by atoms with Gasteiger partial charge in [-0.3, -0.25) is 4.79 Å². The van der Waals surface area contributed by atoms with Gasteiger partial charge in [-0.2, -0.15) is 0 Å². The van der Waals surface area contributed by atoms with Crippen molar-refractivity contribution in [1.29, 1.82) is 0 Å². The Balaban J connectivity index is 2.28. The average molecular weight is 392 g/mol. The standard InChI is InChI=1S/C19H24N2O5S/c1-19(2,3)21-27(23,24)15-8-6-7-13(11-15)18(22)20-16-10-9-14(25-4)12-17(16)26-5/h6-12,21H,1-5H3,(H,20,22). The summed E-state index contributed by atoms with van der Waals surface area (Å²) in [5, 5.41) is 2.72. The molecular weight excluding hydrogens is 368 g/mol. The van der Waals surface area contributed by atoms with Crippen molar-refractivity contribution >= 4 is 21.6 Å². The van der Waals surface area contributed by atoms with E-state index in [1.807, 2.05) is 0 Å². The van der Waals surface area contributed by atoms with Gasteiger partial charge in [0.05, 0.1) is 24.8 Å². The lowest BCUT2D eigenvalue weighted by Gasteiger charge is -2.20. The molecule has 0 aliphatic carbocycles. The molecule has 8 heteroatoms. The number of hydrogen-bond donors (Lipinski definition) is 2. The highest BCUT2D eigenvalue weighted by Crippen LogP contribution is 2.29. The van der Waals surface area contributed by atoms with E-state index >= 15 is 0 Å². The maximum absolute atomic E-state index is 12.6. The number of nitrogens with one attached hydrogen (secondary N) is 2. The van der Waals surface area contributed by atoms with Crippen LogP contribution in [0.4, 0.5) is 5.69 Å². The summed E-state index contributed by atoms with van der Waals surface area (Å²) >= 11 is 0. The second kappa shape index (κ2) is 7.98. The van der Waals surface area contributed by atoms with Crippen molar-refractivity contribution in [2.45, 2.75) is 31.2 Å². The number of hydrogen-bond acceptors (Lipinski definition) is 5. The maximum atomic E-state index is 12.6. The zero-order valence-corrected chi connectivity index (χ0v) is 16.8. The fourth-order valence-electron chi connectivity index (χ4n) is 2.36. The Morgan fingerprint density at radius 1 is 1.00 bits per heavy atom. The smallest absolute Gasteiger partial charge is 0.255 e. The Hall–Kier alpha value is -2.58. The molecule has 0 spiro atoms. The summed E-state index contributed by atoms with van der Waals surface area (Å²) in [6.07, 6.45) is 0. The predicted octanol–water partition coefficient (Wildman–Crippen LogP) is 3.03. The van der Waals surface area contributed by atoms with Crippen molar-refractivity contribution in [3.05, 3.63) is 48.0 Å². The number of carbonyl (C=O) groups is 1. The molecule has 7 nitrogen and oxygen atoms in total. The van der Waals surface area contributed by atoms with Crippen LogP contribution in [0.2, 0.25) is 0 Å². The monoisotopic (exact) mass is 392 g/mol. The molecule has 2 aromatic rings. The van der Waals surface area contributed by atoms with E-state index in [4.69, 9.17) is 9.47 Å². The molecular formula is C19H24N2O5S. The third-order valence-corrected chi connectivity index (χ3v) is 5.26. The Bertz CT molecular complexity index is 933. The minimum Gasteiger partial charge on any atom is -0.497 e. The zero-order chi connectivity index (χ0) is 20.2. The summed E-state index contributed by atoms with van der Waals surface area (Å²) in [4.78, 5) is 12.6. The van der Waals surface area contributed by atoms with Crippen LogP contribution >= 0.6 is 0 Å². The van der Waals surface area contributed by atoms with Crippen molar-refractivity contribution in [1.82, 2.24) is 4.72 Å². The van der Waals surface area contributed by atoms with Crippen molar-refractivity contribution in [2.24, 2.45) is 0 Å². The topological polar surface area (TPSA) is 93.7 Å². The van der Waals surface area contributed by atoms with Crippen LogP contribution in [0.1, 0.15) is 31.1 Å². The Labute approximate surface area is 159 Å². The molecule has 0 aromatic heterocycles. The Morgan fingerprint density at radius 2 is 1.70 bits per heavy atom. The van der Waals surface area contributed by atoms with Gasteiger partial charge in [0.2, 0.25) is 10.0 Å². The van der Waals surface area contributed by atoms with Crippen molar-refractivity contribution in [3.8, 4) is 11.5 Å². The van der Waals surface area contributed by atoms with Crippen molar-refractivity contribution in [2.75, 3.05) is 19.5 Å². The molecule has 0 aliphatic rings. The summed E-state index contributed by atoms with van der Waals surface area (Å²) in [5.74, 6) is 0.568. The summed E-state index contributed by atoms with van der Waals surface area (Å²) in [6.45, 7) is 5.24. The van der Waals surface area contributed by atoms with E-state index in [9.17, 15) is 13.2 Å². The summed E-state index contributed by atoms with van der Waals surface area (Å²) in [7, 11) is -0.726. The van der Waals surface area contributed by atoms with Gasteiger partial charge in [-0.05, 0) is 51.1 Å². The molecule has 0 unspecified atom stereocenters. The highest BCUT2D eigenvalue weighted by Gasteiger charge is 2.23. The molecule has 1 amide bonds. The molecule has 146 valence electrons. The van der Waals surface area contributed by atoms with E-state index in [2.05, 4.69) is 10.0 Å². The van der Waals surface area contributed by atoms with Crippen LogP contribution < -0.4 is 19.5 Å². The highest BCUT2D eigenvalue weighted by molar-refractivity contribution is 7.89. The minimum atomic E-state index is -3.74. The number of carbonyl (C=O) groups excluding carboxylic acids is 1. The zero-order valence-electron chi connectivity index (χ0n) is 16.0. The van der Waals surface area contributed by atoms with Gasteiger partial charge >= 0.3 is 0 Å². The number of benzene rings is 2. The van der Waals surface area contributed by atoms with Gasteiger partial charge in [0.1, 0.15) is 11.5 Å². The lowest BCUT2D eigenvalue weighted by atomic mass is 10.1. The van der Waals surface area contributed by atoms with E-state index in [1.165, 1.54) is 32.4 Å². The molecule has 0 heterocycles. The van der Waals surface area contributed by atoms with Crippen LogP contribution in [0.5, 0.6) is 11.5 Å². The van der Waals surface area contributed by atoms with Gasteiger partial charge in [0.25, 0.3) is 5.91 Å². The van der Waals surface area contributed by atoms with Crippen LogP contribution in [0, 0.1) is 0 Å². The lowest BCUT2D eigenvalue weighted by Crippen LogP contribution is -2.40. The van der Waals surface area contributed by atoms with E-state index in [1.54, 1.807) is 45.0 Å². The molecule has 0 bridgehead atoms. The first kappa shape index (κ1) is 20.7. The molecule has 0 atom stereocenters. The van der Waals surface area contributed by atoms with Crippen LogP contribution in [-0.4, -0.2) is 34.1 Å². The number of methoxy groups -OCH3 is 2. The van der Waals surface area contributed by atoms with Crippen LogP contribution in [0.3, 0.4) is 0 Å². The molecule has 0 saturated carbocycles. The number of rotatable bonds is 6. The highest BCUT2D eigenvalue weighted by atomic mass is 32.2. The van der Waals surface area contributed by atoms with Crippen molar-refractivity contribution in [3.63, 3.8) is 0 Å². The van der Waals surface area contributed by atoms with Gasteiger partial charge in [-0.15, -0.1) is 0 Å². The largest absolute Gasteiger partial charge is 0.497 e. The van der Waals surface area contributed by atoms with Gasteiger partial charge < -0.3 is 14.8 Å². The van der Waals surface area contributed by atoms with E-state index in [-0.39, 0.29) is 10.5 Å². The van der Waals surface area contributed by atoms with Crippen LogP contribution in [0.25, 0.3) is 0 Å². The number of ether oxygens (including phenoxy) is 2. The first-order chi connectivity index (χ1) is 12.6. The summed E-state index contributed by atoms with van der Waals surface area (Å²) in [5.41, 5.74) is 0.0297. The molecule has 0 saturated heterocycles. The summed E-state index contributed by atoms with van der Waals surface area (Å²) < 4.78 is 37.9. The van der Waals surface area contributed by atoms with Gasteiger partial charge in [0.15, 0.2) is 0 Å². The molecule has 2 aromatic carbocycles. The van der Waals surface area contributed by atoms with E-state index in [0.717, 1.165) is 0 Å². The minimum absolute atomic E-state index is 0.0202. The average Bonchev–Trinajstić information content (AvgIpc) is 2.60. The first-order valence-corrected chi connectivity index (χ1v) is 9.71. The van der Waals surface area contributed by atoms with E-state index < -0.39 is 21.5 Å². The Morgan fingerprint density at radius 3 is 2.30 bits per heavy atom. The van der Waals surface area contributed by atoms with Gasteiger partial charge in [0, 0.05) is 17.2 Å². The number of amides is 1. The molecule has 0 fully saturated rings. The third-order valence-electron chi connectivity index (χ3n) is 3.50. The quantitative estimate of drug-likeness (QED) is 0.788. The molecule has 0 radical (unpaired) electrons. The molecule has 2 rings (SSSR count). The third kappa shape index (κ3) is 5.45. The fourth-order valence-corrected chi connectivity index (χ4v) is 3.83. The Kier molecular flexibility index (Phi) is 6.12. The van der Waals surface area contributed by atoms with E-state index in [0.29, 0.717) is 17.2 Å². The fraction of sp³-hybridized carbons (Fsp3) is 0.316. The SMILES string of the molecule is COc1ccc(NC(=O)c2cccc(S(=O)(=O)NC(C)(C)C)c2)c(OC)c1. The van der Waals surface area contributed by atoms with Crippen LogP contribution in [0.15, 0.2) is 47.4 Å². The van der Waals surface area contributed by atoms with Crippen LogP contribution in [-0.2, 0) is 10.0 Å². The van der Waals surface area contributed by atoms with Gasteiger partial charge in [-0.1, -0.05) is 6.07 Å². The van der Waals surface area contributed by atoms with Gasteiger partial charge in [-0.25, -0.2) is 13.1 Å². The normalized spacial score (nSPS) is 11.7. The molecule has 0 aliphatic heterocycles. The lowest BCUT2D eigenvalue weighted by molar-refractivity contribution is 0.102. The predicted molar refractivity (Wildman–Crippen MR) is 104 cm³/mol. The number of sulfonamides is 1. The molecule has 27 heavy (non-hydrogen) atoms. The van der Waals surface area contributed by atoms with Crippen molar-refractivity contribution < 1.29 is 22.7 Å².